The average Bonchev–Trinajstić information content (AvgIpc) is 3.10. The zero-order valence-corrected chi connectivity index (χ0v) is 21.8. The van der Waals surface area contributed by atoms with Crippen LogP contribution < -0.4 is 0 Å². The molecule has 2 aromatic rings. The molecule has 0 amide bonds. The number of aliphatic hydroxyl groups excluding tert-OH is 2. The first-order valence-corrected chi connectivity index (χ1v) is 14.4. The summed E-state index contributed by atoms with van der Waals surface area (Å²) in [6, 6.07) is 5.73. The number of fused-ring (bicyclic) bond motifs is 1. The highest BCUT2D eigenvalue weighted by atomic mass is 32.2. The van der Waals surface area contributed by atoms with E-state index >= 15 is 17.6 Å². The third-order valence-electron chi connectivity index (χ3n) is 6.71. The third-order valence-corrected chi connectivity index (χ3v) is 9.78. The van der Waals surface area contributed by atoms with Crippen LogP contribution in [0.2, 0.25) is 0 Å². The van der Waals surface area contributed by atoms with Gasteiger partial charge in [0.1, 0.15) is 0 Å². The molecule has 14 heteroatoms. The van der Waals surface area contributed by atoms with Crippen molar-refractivity contribution in [3.8, 4) is 0 Å². The number of alkyl halides is 6. The summed E-state index contributed by atoms with van der Waals surface area (Å²) in [5, 5.41) is 18.7. The van der Waals surface area contributed by atoms with Crippen LogP contribution >= 0.6 is 0 Å². The van der Waals surface area contributed by atoms with E-state index in [9.17, 15) is 35.8 Å². The predicted octanol–water partition coefficient (Wildman–Crippen LogP) is 4.52. The summed E-state index contributed by atoms with van der Waals surface area (Å²) >= 11 is 0. The highest BCUT2D eigenvalue weighted by molar-refractivity contribution is 7.96. The van der Waals surface area contributed by atoms with E-state index in [-0.39, 0.29) is 11.1 Å². The number of sulfone groups is 2. The van der Waals surface area contributed by atoms with Crippen molar-refractivity contribution in [2.75, 3.05) is 6.26 Å². The van der Waals surface area contributed by atoms with Crippen molar-refractivity contribution in [1.82, 2.24) is 0 Å². The summed E-state index contributed by atoms with van der Waals surface area (Å²) in [5.74, 6) is -17.3. The molecule has 0 atom stereocenters. The predicted molar refractivity (Wildman–Crippen MR) is 129 cm³/mol. The van der Waals surface area contributed by atoms with Gasteiger partial charge in [0, 0.05) is 34.1 Å². The zero-order chi connectivity index (χ0) is 29.5. The molecule has 0 unspecified atom stereocenters. The molecule has 4 rings (SSSR count). The van der Waals surface area contributed by atoms with Crippen LogP contribution in [-0.2, 0) is 32.9 Å². The minimum atomic E-state index is -6.06. The lowest BCUT2D eigenvalue weighted by Crippen LogP contribution is -2.49. The van der Waals surface area contributed by atoms with Crippen molar-refractivity contribution in [2.45, 2.75) is 47.7 Å². The Hall–Kier alpha value is -2.94. The monoisotopic (exact) mass is 594 g/mol. The molecule has 0 saturated carbocycles. The molecule has 1 heterocycles. The standard InChI is InChI=1S/C25H20F6O6S2/c1-12(16-6-4-14(10-32)8-18(16)38(3,34)35)21-22(24(28,29)25(30,31)23(21,26)27)20-13(2)39(36,37)19-9-15(11-33)5-7-17(19)20/h4-9,32-33H,1,10-11H2,2-3H3. The van der Waals surface area contributed by atoms with E-state index in [4.69, 9.17) is 0 Å². The van der Waals surface area contributed by atoms with Crippen LogP contribution in [0.25, 0.3) is 11.1 Å². The van der Waals surface area contributed by atoms with Crippen LogP contribution in [0.4, 0.5) is 26.3 Å². The topological polar surface area (TPSA) is 109 Å². The van der Waals surface area contributed by atoms with Crippen molar-refractivity contribution in [3.05, 3.63) is 81.3 Å². The first-order valence-electron chi connectivity index (χ1n) is 11.0. The lowest BCUT2D eigenvalue weighted by molar-refractivity contribution is -0.263. The number of hydrogen-bond acceptors (Lipinski definition) is 6. The molecule has 6 nitrogen and oxygen atoms in total. The molecular formula is C25H20F6O6S2. The molecule has 0 aromatic heterocycles. The second kappa shape index (κ2) is 8.78. The Bertz CT molecular complexity index is 1720. The molecule has 0 fully saturated rings. The molecule has 2 aromatic carbocycles. The number of halogens is 6. The van der Waals surface area contributed by atoms with Crippen LogP contribution in [0.3, 0.4) is 0 Å². The lowest BCUT2D eigenvalue weighted by Gasteiger charge is -2.26. The van der Waals surface area contributed by atoms with Crippen molar-refractivity contribution in [2.24, 2.45) is 0 Å². The number of hydrogen-bond donors (Lipinski definition) is 2. The van der Waals surface area contributed by atoms with Gasteiger partial charge in [0.25, 0.3) is 0 Å². The average molecular weight is 595 g/mol. The fraction of sp³-hybridized carbons (Fsp3) is 0.280. The van der Waals surface area contributed by atoms with Crippen LogP contribution in [-0.4, -0.2) is 51.1 Å². The van der Waals surface area contributed by atoms with Crippen molar-refractivity contribution >= 4 is 30.8 Å². The highest BCUT2D eigenvalue weighted by Crippen LogP contribution is 2.65. The SMILES string of the molecule is C=C(C1=C(C2=C(C)S(=O)(=O)c3cc(CO)ccc32)C(F)(F)C(F)(F)C1(F)F)c1ccc(CO)cc1S(C)(=O)=O. The summed E-state index contributed by atoms with van der Waals surface area (Å²) < 4.78 is 142. The Kier molecular flexibility index (Phi) is 6.54. The van der Waals surface area contributed by atoms with Gasteiger partial charge < -0.3 is 10.2 Å². The van der Waals surface area contributed by atoms with Crippen molar-refractivity contribution < 1.29 is 53.4 Å². The van der Waals surface area contributed by atoms with E-state index in [1.54, 1.807) is 0 Å². The first kappa shape index (κ1) is 29.1. The Balaban J connectivity index is 2.16. The molecular weight excluding hydrogens is 574 g/mol. The van der Waals surface area contributed by atoms with E-state index in [0.717, 1.165) is 43.3 Å². The highest BCUT2D eigenvalue weighted by Gasteiger charge is 2.81. The molecule has 0 bridgehead atoms. The second-order valence-electron chi connectivity index (χ2n) is 9.14. The van der Waals surface area contributed by atoms with Gasteiger partial charge in [-0.15, -0.1) is 0 Å². The van der Waals surface area contributed by atoms with Crippen LogP contribution in [0, 0.1) is 0 Å². The van der Waals surface area contributed by atoms with Gasteiger partial charge in [-0.25, -0.2) is 16.8 Å². The summed E-state index contributed by atoms with van der Waals surface area (Å²) in [7, 11) is -8.93. The van der Waals surface area contributed by atoms with Gasteiger partial charge in [-0.2, -0.15) is 26.3 Å². The Morgan fingerprint density at radius 3 is 2.00 bits per heavy atom. The van der Waals surface area contributed by atoms with Crippen LogP contribution in [0.15, 0.2) is 68.8 Å². The molecule has 0 saturated heterocycles. The van der Waals surface area contributed by atoms with E-state index in [1.807, 2.05) is 0 Å². The van der Waals surface area contributed by atoms with Gasteiger partial charge >= 0.3 is 17.8 Å². The van der Waals surface area contributed by atoms with Gasteiger partial charge in [-0.05, 0) is 35.8 Å². The molecule has 2 N–H and O–H groups in total. The zero-order valence-electron chi connectivity index (χ0n) is 20.2. The summed E-state index contributed by atoms with van der Waals surface area (Å²) in [6.45, 7) is 2.74. The summed E-state index contributed by atoms with van der Waals surface area (Å²) in [6.07, 6.45) is 0.650. The molecule has 39 heavy (non-hydrogen) atoms. The largest absolute Gasteiger partial charge is 0.392 e. The maximum atomic E-state index is 15.4. The maximum Gasteiger partial charge on any atom is 0.380 e. The number of benzene rings is 2. The Morgan fingerprint density at radius 2 is 1.46 bits per heavy atom. The maximum absolute atomic E-state index is 15.4. The van der Waals surface area contributed by atoms with Gasteiger partial charge in [0.2, 0.25) is 9.84 Å². The molecule has 1 aliphatic heterocycles. The fourth-order valence-corrected chi connectivity index (χ4v) is 7.23. The minimum Gasteiger partial charge on any atom is -0.392 e. The van der Waals surface area contributed by atoms with Crippen molar-refractivity contribution in [1.29, 1.82) is 0 Å². The molecule has 1 aliphatic carbocycles. The number of allylic oxidation sites excluding steroid dienone is 5. The van der Waals surface area contributed by atoms with E-state index < -0.39 is 98.8 Å². The van der Waals surface area contributed by atoms with E-state index in [2.05, 4.69) is 6.58 Å². The lowest BCUT2D eigenvalue weighted by atomic mass is 9.88. The van der Waals surface area contributed by atoms with Crippen molar-refractivity contribution in [3.63, 3.8) is 0 Å². The molecule has 0 spiro atoms. The third kappa shape index (κ3) is 3.90. The quantitative estimate of drug-likeness (QED) is 0.477. The first-order chi connectivity index (χ1) is 17.8. The van der Waals surface area contributed by atoms with Gasteiger partial charge in [0.05, 0.1) is 27.9 Å². The van der Waals surface area contributed by atoms with Gasteiger partial charge in [-0.1, -0.05) is 30.8 Å². The minimum absolute atomic E-state index is 0.0101. The fourth-order valence-electron chi connectivity index (χ4n) is 4.70. The van der Waals surface area contributed by atoms with Crippen LogP contribution in [0.5, 0.6) is 0 Å². The Labute approximate surface area is 219 Å². The second-order valence-corrected chi connectivity index (χ2v) is 13.2. The number of rotatable bonds is 6. The molecule has 210 valence electrons. The smallest absolute Gasteiger partial charge is 0.380 e. The summed E-state index contributed by atoms with van der Waals surface area (Å²) in [5.41, 5.74) is -7.60. The molecule has 0 radical (unpaired) electrons. The van der Waals surface area contributed by atoms with Gasteiger partial charge in [-0.3, -0.25) is 0 Å². The van der Waals surface area contributed by atoms with E-state index in [1.165, 1.54) is 0 Å². The molecule has 2 aliphatic rings. The number of aliphatic hydroxyl groups is 2. The summed E-state index contributed by atoms with van der Waals surface area (Å²) in [4.78, 5) is -2.32. The van der Waals surface area contributed by atoms with Crippen LogP contribution in [0.1, 0.15) is 29.2 Å². The van der Waals surface area contributed by atoms with E-state index in [0.29, 0.717) is 6.26 Å². The normalized spacial score (nSPS) is 20.9. The Morgan fingerprint density at radius 1 is 0.923 bits per heavy atom. The van der Waals surface area contributed by atoms with Gasteiger partial charge in [0.15, 0.2) is 9.84 Å².